The quantitative estimate of drug-likeness (QED) is 0.766. The number of nitrogens with one attached hydrogen (secondary N) is 2. The van der Waals surface area contributed by atoms with Crippen molar-refractivity contribution in [3.05, 3.63) is 54.1 Å². The van der Waals surface area contributed by atoms with E-state index in [2.05, 4.69) is 15.3 Å². The van der Waals surface area contributed by atoms with Crippen molar-refractivity contribution in [3.8, 4) is 5.75 Å². The van der Waals surface area contributed by atoms with E-state index >= 15 is 0 Å². The van der Waals surface area contributed by atoms with Gasteiger partial charge in [0.25, 0.3) is 0 Å². The van der Waals surface area contributed by atoms with Gasteiger partial charge in [0.1, 0.15) is 5.75 Å². The molecular formula is C16H19N3O2. The molecule has 0 aliphatic heterocycles. The number of carbonyl (C=O) groups is 1. The van der Waals surface area contributed by atoms with Gasteiger partial charge in [-0.05, 0) is 19.1 Å². The molecule has 2 rings (SSSR count). The van der Waals surface area contributed by atoms with Gasteiger partial charge in [-0.1, -0.05) is 18.2 Å². The van der Waals surface area contributed by atoms with Crippen LogP contribution in [0.4, 0.5) is 0 Å². The second-order valence-electron chi connectivity index (χ2n) is 4.42. The van der Waals surface area contributed by atoms with Crippen molar-refractivity contribution in [1.29, 1.82) is 0 Å². The molecule has 0 bridgehead atoms. The number of para-hydroxylation sites is 1. The highest BCUT2D eigenvalue weighted by molar-refractivity contribution is 5.92. The molecule has 1 aromatic heterocycles. The summed E-state index contributed by atoms with van der Waals surface area (Å²) in [6.45, 7) is 3.10. The minimum Gasteiger partial charge on any atom is -0.493 e. The zero-order chi connectivity index (χ0) is 14.9. The van der Waals surface area contributed by atoms with Crippen molar-refractivity contribution in [2.75, 3.05) is 13.2 Å². The van der Waals surface area contributed by atoms with Crippen LogP contribution in [0.15, 0.2) is 42.9 Å². The highest BCUT2D eigenvalue weighted by atomic mass is 16.5. The number of aromatic amines is 1. The van der Waals surface area contributed by atoms with Crippen LogP contribution in [-0.2, 0) is 11.2 Å². The standard InChI is InChI=1S/C16H19N3O2/c1-2-21-15-6-4-3-5-13(15)7-8-16(20)18-10-9-14-11-17-12-19-14/h3-8,11-12H,2,9-10H2,1H3,(H,17,19)(H,18,20). The molecule has 0 saturated carbocycles. The number of ether oxygens (including phenoxy) is 1. The Labute approximate surface area is 124 Å². The van der Waals surface area contributed by atoms with Gasteiger partial charge in [-0.2, -0.15) is 0 Å². The third-order valence-electron chi connectivity index (χ3n) is 2.88. The minimum absolute atomic E-state index is 0.124. The van der Waals surface area contributed by atoms with E-state index < -0.39 is 0 Å². The van der Waals surface area contributed by atoms with E-state index in [1.807, 2.05) is 31.2 Å². The number of amides is 1. The van der Waals surface area contributed by atoms with E-state index in [1.165, 1.54) is 6.08 Å². The van der Waals surface area contributed by atoms with Gasteiger partial charge in [0.05, 0.1) is 12.9 Å². The molecule has 0 fully saturated rings. The molecule has 0 atom stereocenters. The van der Waals surface area contributed by atoms with Crippen LogP contribution < -0.4 is 10.1 Å². The van der Waals surface area contributed by atoms with Crippen LogP contribution in [0.5, 0.6) is 5.75 Å². The van der Waals surface area contributed by atoms with Crippen molar-refractivity contribution in [2.24, 2.45) is 0 Å². The number of hydrogen-bond donors (Lipinski definition) is 2. The fourth-order valence-electron chi connectivity index (χ4n) is 1.87. The maximum absolute atomic E-state index is 11.7. The molecule has 21 heavy (non-hydrogen) atoms. The summed E-state index contributed by atoms with van der Waals surface area (Å²) in [5.41, 5.74) is 1.89. The number of benzene rings is 1. The largest absolute Gasteiger partial charge is 0.493 e. The lowest BCUT2D eigenvalue weighted by Gasteiger charge is -2.06. The van der Waals surface area contributed by atoms with Crippen LogP contribution in [0.25, 0.3) is 6.08 Å². The maximum atomic E-state index is 11.7. The molecule has 0 saturated heterocycles. The van der Waals surface area contributed by atoms with Gasteiger partial charge in [0, 0.05) is 36.5 Å². The summed E-state index contributed by atoms with van der Waals surface area (Å²) in [6.07, 6.45) is 7.39. The zero-order valence-corrected chi connectivity index (χ0v) is 12.0. The smallest absolute Gasteiger partial charge is 0.244 e. The first-order valence-electron chi connectivity index (χ1n) is 6.94. The molecule has 0 unspecified atom stereocenters. The van der Waals surface area contributed by atoms with Crippen molar-refractivity contribution >= 4 is 12.0 Å². The van der Waals surface area contributed by atoms with Crippen LogP contribution in [-0.4, -0.2) is 29.0 Å². The first-order valence-corrected chi connectivity index (χ1v) is 6.94. The molecular weight excluding hydrogens is 266 g/mol. The summed E-state index contributed by atoms with van der Waals surface area (Å²) in [5, 5.41) is 2.83. The Kier molecular flexibility index (Phi) is 5.58. The minimum atomic E-state index is -0.124. The average Bonchev–Trinajstić information content (AvgIpc) is 3.00. The molecule has 5 heteroatoms. The molecule has 2 aromatic rings. The second kappa shape index (κ2) is 7.89. The van der Waals surface area contributed by atoms with Crippen LogP contribution in [0.1, 0.15) is 18.2 Å². The second-order valence-corrected chi connectivity index (χ2v) is 4.42. The van der Waals surface area contributed by atoms with Gasteiger partial charge >= 0.3 is 0 Å². The molecule has 5 nitrogen and oxygen atoms in total. The third-order valence-corrected chi connectivity index (χ3v) is 2.88. The SMILES string of the molecule is CCOc1ccccc1C=CC(=O)NCCc1cnc[nH]1. The number of H-pyrrole nitrogens is 1. The molecule has 0 radical (unpaired) electrons. The Bertz CT molecular complexity index is 591. The van der Waals surface area contributed by atoms with E-state index in [1.54, 1.807) is 18.6 Å². The lowest BCUT2D eigenvalue weighted by atomic mass is 10.2. The molecule has 110 valence electrons. The van der Waals surface area contributed by atoms with Crippen molar-refractivity contribution < 1.29 is 9.53 Å². The third kappa shape index (κ3) is 4.80. The number of carbonyl (C=O) groups excluding carboxylic acids is 1. The highest BCUT2D eigenvalue weighted by Crippen LogP contribution is 2.19. The summed E-state index contributed by atoms with van der Waals surface area (Å²) < 4.78 is 5.51. The van der Waals surface area contributed by atoms with Gasteiger partial charge in [-0.15, -0.1) is 0 Å². The number of nitrogens with zero attached hydrogens (tertiary/aromatic N) is 1. The van der Waals surface area contributed by atoms with Crippen LogP contribution in [0.3, 0.4) is 0 Å². The highest BCUT2D eigenvalue weighted by Gasteiger charge is 2.00. The first-order chi connectivity index (χ1) is 10.3. The average molecular weight is 285 g/mol. The summed E-state index contributed by atoms with van der Waals surface area (Å²) in [7, 11) is 0. The molecule has 0 aliphatic rings. The number of rotatable bonds is 7. The Balaban J connectivity index is 1.84. The fourth-order valence-corrected chi connectivity index (χ4v) is 1.87. The topological polar surface area (TPSA) is 67.0 Å². The molecule has 1 aromatic carbocycles. The first kappa shape index (κ1) is 14.8. The fraction of sp³-hybridized carbons (Fsp3) is 0.250. The summed E-state index contributed by atoms with van der Waals surface area (Å²) in [6, 6.07) is 7.63. The monoisotopic (exact) mass is 285 g/mol. The van der Waals surface area contributed by atoms with E-state index in [-0.39, 0.29) is 5.91 Å². The maximum Gasteiger partial charge on any atom is 0.244 e. The summed E-state index contributed by atoms with van der Waals surface area (Å²) >= 11 is 0. The Morgan fingerprint density at radius 1 is 1.43 bits per heavy atom. The molecule has 1 heterocycles. The van der Waals surface area contributed by atoms with E-state index in [4.69, 9.17) is 4.74 Å². The van der Waals surface area contributed by atoms with Crippen molar-refractivity contribution in [1.82, 2.24) is 15.3 Å². The Morgan fingerprint density at radius 2 is 2.29 bits per heavy atom. The van der Waals surface area contributed by atoms with Gasteiger partial charge in [-0.3, -0.25) is 4.79 Å². The number of aromatic nitrogens is 2. The molecule has 0 aliphatic carbocycles. The molecule has 0 spiro atoms. The summed E-state index contributed by atoms with van der Waals surface area (Å²) in [4.78, 5) is 18.7. The predicted molar refractivity (Wildman–Crippen MR) is 81.9 cm³/mol. The molecule has 2 N–H and O–H groups in total. The van der Waals surface area contributed by atoms with E-state index in [0.717, 1.165) is 23.4 Å². The van der Waals surface area contributed by atoms with Gasteiger partial charge in [-0.25, -0.2) is 4.98 Å². The van der Waals surface area contributed by atoms with Crippen molar-refractivity contribution in [2.45, 2.75) is 13.3 Å². The van der Waals surface area contributed by atoms with Gasteiger partial charge in [0.15, 0.2) is 0 Å². The Hall–Kier alpha value is -2.56. The van der Waals surface area contributed by atoms with Crippen LogP contribution in [0, 0.1) is 0 Å². The van der Waals surface area contributed by atoms with Crippen molar-refractivity contribution in [3.63, 3.8) is 0 Å². The Morgan fingerprint density at radius 3 is 3.05 bits per heavy atom. The number of imidazole rings is 1. The lowest BCUT2D eigenvalue weighted by Crippen LogP contribution is -2.23. The van der Waals surface area contributed by atoms with E-state index in [0.29, 0.717) is 13.2 Å². The van der Waals surface area contributed by atoms with Gasteiger partial charge in [0.2, 0.25) is 5.91 Å². The molecule has 1 amide bonds. The zero-order valence-electron chi connectivity index (χ0n) is 12.0. The van der Waals surface area contributed by atoms with E-state index in [9.17, 15) is 4.79 Å². The lowest BCUT2D eigenvalue weighted by molar-refractivity contribution is -0.116. The summed E-state index contributed by atoms with van der Waals surface area (Å²) in [5.74, 6) is 0.655. The normalized spacial score (nSPS) is 10.7. The van der Waals surface area contributed by atoms with Crippen LogP contribution in [0.2, 0.25) is 0 Å². The predicted octanol–water partition coefficient (Wildman–Crippen LogP) is 2.18. The van der Waals surface area contributed by atoms with Crippen LogP contribution >= 0.6 is 0 Å². The van der Waals surface area contributed by atoms with Gasteiger partial charge < -0.3 is 15.0 Å². The number of hydrogen-bond acceptors (Lipinski definition) is 3.